The molecule has 0 aliphatic carbocycles. The van der Waals surface area contributed by atoms with E-state index in [4.69, 9.17) is 9.47 Å². The van der Waals surface area contributed by atoms with Gasteiger partial charge in [-0.2, -0.15) is 0 Å². The number of ether oxygens (including phenoxy) is 2. The summed E-state index contributed by atoms with van der Waals surface area (Å²) in [5.74, 6) is 1.35. The maximum atomic E-state index is 12.1. The minimum Gasteiger partial charge on any atom is -0.497 e. The largest absolute Gasteiger partial charge is 0.497 e. The van der Waals surface area contributed by atoms with Crippen molar-refractivity contribution in [3.63, 3.8) is 0 Å². The Morgan fingerprint density at radius 1 is 1.17 bits per heavy atom. The summed E-state index contributed by atoms with van der Waals surface area (Å²) in [5, 5.41) is 2.89. The van der Waals surface area contributed by atoms with Crippen LogP contribution in [0.25, 0.3) is 0 Å². The minimum absolute atomic E-state index is 0.130. The number of nitrogens with one attached hydrogen (secondary N) is 1. The summed E-state index contributed by atoms with van der Waals surface area (Å²) in [4.78, 5) is 12.1. The van der Waals surface area contributed by atoms with Crippen LogP contribution >= 0.6 is 15.9 Å². The predicted octanol–water partition coefficient (Wildman–Crippen LogP) is 3.58. The van der Waals surface area contributed by atoms with Gasteiger partial charge in [0.1, 0.15) is 11.5 Å². The fourth-order valence-electron chi connectivity index (χ4n) is 2.05. The first-order chi connectivity index (χ1) is 11.1. The van der Waals surface area contributed by atoms with E-state index >= 15 is 0 Å². The van der Waals surface area contributed by atoms with Crippen molar-refractivity contribution < 1.29 is 14.3 Å². The highest BCUT2D eigenvalue weighted by molar-refractivity contribution is 9.10. The zero-order chi connectivity index (χ0) is 16.7. The van der Waals surface area contributed by atoms with E-state index < -0.39 is 6.10 Å². The van der Waals surface area contributed by atoms with E-state index in [0.717, 1.165) is 22.2 Å². The zero-order valence-electron chi connectivity index (χ0n) is 13.2. The number of benzene rings is 2. The van der Waals surface area contributed by atoms with Gasteiger partial charge in [-0.25, -0.2) is 0 Å². The number of hydrogen-bond donors (Lipinski definition) is 1. The van der Waals surface area contributed by atoms with Crippen molar-refractivity contribution in [2.75, 3.05) is 13.7 Å². The van der Waals surface area contributed by atoms with Gasteiger partial charge in [-0.05, 0) is 59.1 Å². The molecule has 0 aliphatic rings. The molecule has 0 heterocycles. The van der Waals surface area contributed by atoms with Crippen LogP contribution in [0.1, 0.15) is 12.5 Å². The number of rotatable bonds is 7. The maximum Gasteiger partial charge on any atom is 0.260 e. The lowest BCUT2D eigenvalue weighted by Crippen LogP contribution is -2.37. The predicted molar refractivity (Wildman–Crippen MR) is 93.9 cm³/mol. The molecule has 2 aromatic carbocycles. The van der Waals surface area contributed by atoms with Gasteiger partial charge < -0.3 is 14.8 Å². The van der Waals surface area contributed by atoms with Crippen LogP contribution in [0.5, 0.6) is 11.5 Å². The Balaban J connectivity index is 1.78. The Morgan fingerprint density at radius 2 is 1.87 bits per heavy atom. The lowest BCUT2D eigenvalue weighted by Gasteiger charge is -2.15. The van der Waals surface area contributed by atoms with Crippen molar-refractivity contribution in [2.45, 2.75) is 19.4 Å². The highest BCUT2D eigenvalue weighted by atomic mass is 79.9. The Labute approximate surface area is 144 Å². The molecule has 1 N–H and O–H groups in total. The molecule has 0 spiro atoms. The molecule has 2 aromatic rings. The smallest absolute Gasteiger partial charge is 0.260 e. The summed E-state index contributed by atoms with van der Waals surface area (Å²) >= 11 is 3.40. The average Bonchev–Trinajstić information content (AvgIpc) is 2.57. The second kappa shape index (κ2) is 8.58. The first kappa shape index (κ1) is 17.3. The molecule has 0 fully saturated rings. The van der Waals surface area contributed by atoms with Crippen LogP contribution in [-0.4, -0.2) is 25.7 Å². The van der Waals surface area contributed by atoms with E-state index in [1.807, 2.05) is 48.5 Å². The molecule has 0 aromatic heterocycles. The normalized spacial score (nSPS) is 11.6. The first-order valence-electron chi connectivity index (χ1n) is 7.42. The van der Waals surface area contributed by atoms with E-state index in [2.05, 4.69) is 21.2 Å². The highest BCUT2D eigenvalue weighted by Gasteiger charge is 2.15. The van der Waals surface area contributed by atoms with Crippen LogP contribution in [0, 0.1) is 0 Å². The SMILES string of the molecule is COc1ccc(CCNC(=O)C(C)Oc2ccccc2Br)cc1. The fraction of sp³-hybridized carbons (Fsp3) is 0.278. The Morgan fingerprint density at radius 3 is 2.52 bits per heavy atom. The van der Waals surface area contributed by atoms with Gasteiger partial charge in [0.25, 0.3) is 5.91 Å². The molecule has 1 amide bonds. The van der Waals surface area contributed by atoms with Gasteiger partial charge in [0.05, 0.1) is 11.6 Å². The standard InChI is InChI=1S/C18H20BrNO3/c1-13(23-17-6-4-3-5-16(17)19)18(21)20-12-11-14-7-9-15(22-2)10-8-14/h3-10,13H,11-12H2,1-2H3,(H,20,21). The van der Waals surface area contributed by atoms with Gasteiger partial charge in [0, 0.05) is 6.54 Å². The molecular formula is C18H20BrNO3. The quantitative estimate of drug-likeness (QED) is 0.801. The topological polar surface area (TPSA) is 47.6 Å². The van der Waals surface area contributed by atoms with Gasteiger partial charge >= 0.3 is 0 Å². The molecule has 5 heteroatoms. The highest BCUT2D eigenvalue weighted by Crippen LogP contribution is 2.24. The van der Waals surface area contributed by atoms with Crippen LogP contribution in [0.15, 0.2) is 53.0 Å². The van der Waals surface area contributed by atoms with E-state index in [0.29, 0.717) is 12.3 Å². The summed E-state index contributed by atoms with van der Waals surface area (Å²) in [6, 6.07) is 15.3. The number of carbonyl (C=O) groups is 1. The molecule has 0 saturated carbocycles. The number of methoxy groups -OCH3 is 1. The molecule has 4 nitrogen and oxygen atoms in total. The number of amides is 1. The second-order valence-electron chi connectivity index (χ2n) is 5.08. The molecule has 0 aliphatic heterocycles. The molecule has 23 heavy (non-hydrogen) atoms. The van der Waals surface area contributed by atoms with Crippen molar-refractivity contribution in [2.24, 2.45) is 0 Å². The third-order valence-corrected chi connectivity index (χ3v) is 4.04. The van der Waals surface area contributed by atoms with Crippen LogP contribution < -0.4 is 14.8 Å². The monoisotopic (exact) mass is 377 g/mol. The summed E-state index contributed by atoms with van der Waals surface area (Å²) in [7, 11) is 1.64. The average molecular weight is 378 g/mol. The molecule has 1 atom stereocenters. The summed E-state index contributed by atoms with van der Waals surface area (Å²) in [5.41, 5.74) is 1.14. The molecule has 1 unspecified atom stereocenters. The van der Waals surface area contributed by atoms with Gasteiger partial charge in [-0.3, -0.25) is 4.79 Å². The van der Waals surface area contributed by atoms with Gasteiger partial charge in [-0.15, -0.1) is 0 Å². The number of halogens is 1. The molecule has 0 saturated heterocycles. The molecule has 2 rings (SSSR count). The second-order valence-corrected chi connectivity index (χ2v) is 5.93. The van der Waals surface area contributed by atoms with Crippen molar-refractivity contribution in [3.8, 4) is 11.5 Å². The maximum absolute atomic E-state index is 12.1. The van der Waals surface area contributed by atoms with E-state index in [-0.39, 0.29) is 5.91 Å². The number of para-hydroxylation sites is 1. The molecule has 0 radical (unpaired) electrons. The van der Waals surface area contributed by atoms with Gasteiger partial charge in [0.2, 0.25) is 0 Å². The molecular weight excluding hydrogens is 358 g/mol. The molecule has 0 bridgehead atoms. The lowest BCUT2D eigenvalue weighted by atomic mass is 10.1. The van der Waals surface area contributed by atoms with E-state index in [1.54, 1.807) is 14.0 Å². The zero-order valence-corrected chi connectivity index (χ0v) is 14.8. The van der Waals surface area contributed by atoms with Crippen LogP contribution in [-0.2, 0) is 11.2 Å². The minimum atomic E-state index is -0.551. The Bertz CT molecular complexity index is 643. The third kappa shape index (κ3) is 5.28. The van der Waals surface area contributed by atoms with E-state index in [1.165, 1.54) is 0 Å². The summed E-state index contributed by atoms with van der Waals surface area (Å²) in [6.07, 6.45) is 0.210. The van der Waals surface area contributed by atoms with Crippen molar-refractivity contribution in [1.29, 1.82) is 0 Å². The summed E-state index contributed by atoms with van der Waals surface area (Å²) < 4.78 is 11.6. The fourth-order valence-corrected chi connectivity index (χ4v) is 2.43. The number of carbonyl (C=O) groups excluding carboxylic acids is 1. The number of hydrogen-bond acceptors (Lipinski definition) is 3. The van der Waals surface area contributed by atoms with Crippen LogP contribution in [0.2, 0.25) is 0 Å². The van der Waals surface area contributed by atoms with E-state index in [9.17, 15) is 4.79 Å². The van der Waals surface area contributed by atoms with Gasteiger partial charge in [-0.1, -0.05) is 24.3 Å². The Kier molecular flexibility index (Phi) is 6.47. The van der Waals surface area contributed by atoms with Crippen LogP contribution in [0.4, 0.5) is 0 Å². The van der Waals surface area contributed by atoms with Gasteiger partial charge in [0.15, 0.2) is 6.10 Å². The lowest BCUT2D eigenvalue weighted by molar-refractivity contribution is -0.127. The first-order valence-corrected chi connectivity index (χ1v) is 8.21. The van der Waals surface area contributed by atoms with Crippen molar-refractivity contribution in [3.05, 3.63) is 58.6 Å². The molecule has 122 valence electrons. The van der Waals surface area contributed by atoms with Crippen molar-refractivity contribution in [1.82, 2.24) is 5.32 Å². The van der Waals surface area contributed by atoms with Crippen molar-refractivity contribution >= 4 is 21.8 Å². The summed E-state index contributed by atoms with van der Waals surface area (Å²) in [6.45, 7) is 2.30. The Hall–Kier alpha value is -2.01. The third-order valence-electron chi connectivity index (χ3n) is 3.38. The van der Waals surface area contributed by atoms with Crippen LogP contribution in [0.3, 0.4) is 0 Å².